The minimum atomic E-state index is -0.337. The number of benzene rings is 2. The second kappa shape index (κ2) is 8.85. The fourth-order valence-corrected chi connectivity index (χ4v) is 3.70. The molecule has 2 aromatic carbocycles. The molecule has 156 valence electrons. The number of hydrogen-bond acceptors (Lipinski definition) is 8. The first-order valence-electron chi connectivity index (χ1n) is 9.38. The minimum Gasteiger partial charge on any atom is -0.493 e. The highest BCUT2D eigenvalue weighted by Crippen LogP contribution is 2.35. The lowest BCUT2D eigenvalue weighted by Gasteiger charge is -2.29. The molecule has 9 heteroatoms. The molecule has 2 heterocycles. The number of hydrogen-bond donors (Lipinski definition) is 1. The molecule has 30 heavy (non-hydrogen) atoms. The van der Waals surface area contributed by atoms with Crippen LogP contribution in [0.25, 0.3) is 10.9 Å². The maximum absolute atomic E-state index is 11.6. The molecule has 0 spiro atoms. The van der Waals surface area contributed by atoms with E-state index < -0.39 is 0 Å². The van der Waals surface area contributed by atoms with Crippen LogP contribution in [0.2, 0.25) is 0 Å². The highest BCUT2D eigenvalue weighted by Gasteiger charge is 2.25. The summed E-state index contributed by atoms with van der Waals surface area (Å²) in [5.74, 6) is 1.48. The van der Waals surface area contributed by atoms with Crippen molar-refractivity contribution in [1.29, 1.82) is 0 Å². The molecule has 1 aromatic heterocycles. The van der Waals surface area contributed by atoms with E-state index in [9.17, 15) is 4.79 Å². The summed E-state index contributed by atoms with van der Waals surface area (Å²) in [5, 5.41) is 4.11. The number of aromatic nitrogens is 2. The third-order valence-electron chi connectivity index (χ3n) is 4.65. The van der Waals surface area contributed by atoms with Crippen molar-refractivity contribution in [3.8, 4) is 11.5 Å². The fourth-order valence-electron chi connectivity index (χ4n) is 3.30. The van der Waals surface area contributed by atoms with Crippen LogP contribution in [0.4, 0.5) is 11.5 Å². The molecule has 3 aromatic rings. The third kappa shape index (κ3) is 4.63. The lowest BCUT2D eigenvalue weighted by atomic mass is 10.2. The molecule has 1 aliphatic rings. The van der Waals surface area contributed by atoms with E-state index in [2.05, 4.69) is 31.2 Å². The molecule has 0 radical (unpaired) electrons. The van der Waals surface area contributed by atoms with Crippen LogP contribution in [0.15, 0.2) is 47.2 Å². The van der Waals surface area contributed by atoms with E-state index in [0.29, 0.717) is 35.9 Å². The van der Waals surface area contributed by atoms with Crippen molar-refractivity contribution < 1.29 is 19.0 Å². The summed E-state index contributed by atoms with van der Waals surface area (Å²) in [6.45, 7) is 1.14. The third-order valence-corrected chi connectivity index (χ3v) is 5.14. The van der Waals surface area contributed by atoms with Gasteiger partial charge in [-0.3, -0.25) is 9.69 Å². The number of ether oxygens (including phenoxy) is 3. The van der Waals surface area contributed by atoms with Crippen molar-refractivity contribution in [2.24, 2.45) is 0 Å². The standard InChI is InChI=1S/C21H21BrN4O4/c1-26-9-15(30-20(27)10-26)11-29-19-8-17-16(7-18(19)28-2)21(24-12-23-17)25-14-5-3-4-13(22)6-14/h3-8,12,15H,9-11H2,1-2H3,(H,23,24,25). The Morgan fingerprint density at radius 2 is 2.13 bits per heavy atom. The number of methoxy groups -OCH3 is 1. The Bertz CT molecular complexity index is 1080. The number of nitrogens with zero attached hydrogens (tertiary/aromatic N) is 3. The molecule has 1 unspecified atom stereocenters. The number of anilines is 2. The van der Waals surface area contributed by atoms with E-state index >= 15 is 0 Å². The van der Waals surface area contributed by atoms with Gasteiger partial charge in [-0.2, -0.15) is 0 Å². The summed E-state index contributed by atoms with van der Waals surface area (Å²) in [6.07, 6.45) is 1.16. The zero-order chi connectivity index (χ0) is 21.1. The van der Waals surface area contributed by atoms with Gasteiger partial charge in [0.2, 0.25) is 0 Å². The lowest BCUT2D eigenvalue weighted by molar-refractivity contribution is -0.159. The Balaban J connectivity index is 1.58. The number of carbonyl (C=O) groups is 1. The smallest absolute Gasteiger partial charge is 0.320 e. The van der Waals surface area contributed by atoms with Crippen LogP contribution in [0, 0.1) is 0 Å². The number of rotatable bonds is 6. The van der Waals surface area contributed by atoms with Gasteiger partial charge < -0.3 is 19.5 Å². The van der Waals surface area contributed by atoms with Gasteiger partial charge in [0.1, 0.15) is 24.9 Å². The Morgan fingerprint density at radius 3 is 2.90 bits per heavy atom. The van der Waals surface area contributed by atoms with Gasteiger partial charge >= 0.3 is 5.97 Å². The van der Waals surface area contributed by atoms with Crippen LogP contribution in [-0.4, -0.2) is 60.8 Å². The van der Waals surface area contributed by atoms with Gasteiger partial charge in [0.25, 0.3) is 0 Å². The van der Waals surface area contributed by atoms with Crippen molar-refractivity contribution >= 4 is 44.3 Å². The van der Waals surface area contributed by atoms with Crippen molar-refractivity contribution in [2.45, 2.75) is 6.10 Å². The second-order valence-electron chi connectivity index (χ2n) is 7.00. The van der Waals surface area contributed by atoms with Crippen LogP contribution in [-0.2, 0) is 9.53 Å². The molecule has 0 aliphatic carbocycles. The van der Waals surface area contributed by atoms with Gasteiger partial charge in [-0.05, 0) is 31.3 Å². The van der Waals surface area contributed by atoms with Gasteiger partial charge in [-0.1, -0.05) is 22.0 Å². The molecule has 1 atom stereocenters. The van der Waals surface area contributed by atoms with Crippen molar-refractivity contribution in [3.05, 3.63) is 47.2 Å². The summed E-state index contributed by atoms with van der Waals surface area (Å²) < 4.78 is 17.8. The largest absolute Gasteiger partial charge is 0.493 e. The van der Waals surface area contributed by atoms with Crippen LogP contribution in [0.1, 0.15) is 0 Å². The normalized spacial score (nSPS) is 16.9. The SMILES string of the molecule is COc1cc2c(Nc3cccc(Br)c3)ncnc2cc1OCC1CN(C)CC(=O)O1. The number of likely N-dealkylation sites (N-methyl/N-ethyl adjacent to an activating group) is 1. The summed E-state index contributed by atoms with van der Waals surface area (Å²) >= 11 is 3.47. The molecule has 0 amide bonds. The highest BCUT2D eigenvalue weighted by atomic mass is 79.9. The molecule has 0 bridgehead atoms. The highest BCUT2D eigenvalue weighted by molar-refractivity contribution is 9.10. The minimum absolute atomic E-state index is 0.228. The Morgan fingerprint density at radius 1 is 1.27 bits per heavy atom. The first-order chi connectivity index (χ1) is 14.5. The van der Waals surface area contributed by atoms with E-state index in [1.54, 1.807) is 13.2 Å². The Hall–Kier alpha value is -2.91. The monoisotopic (exact) mass is 472 g/mol. The van der Waals surface area contributed by atoms with Crippen molar-refractivity contribution in [3.63, 3.8) is 0 Å². The molecule has 0 saturated carbocycles. The zero-order valence-electron chi connectivity index (χ0n) is 16.6. The second-order valence-corrected chi connectivity index (χ2v) is 7.91. The molecule has 8 nitrogen and oxygen atoms in total. The number of esters is 1. The van der Waals surface area contributed by atoms with E-state index in [1.807, 2.05) is 42.3 Å². The van der Waals surface area contributed by atoms with Crippen LogP contribution in [0.5, 0.6) is 11.5 Å². The van der Waals surface area contributed by atoms with Crippen LogP contribution in [0.3, 0.4) is 0 Å². The van der Waals surface area contributed by atoms with E-state index in [0.717, 1.165) is 15.5 Å². The van der Waals surface area contributed by atoms with Crippen LogP contribution >= 0.6 is 15.9 Å². The average Bonchev–Trinajstić information content (AvgIpc) is 2.71. The molecule has 1 saturated heterocycles. The predicted octanol–water partition coefficient (Wildman–Crippen LogP) is 3.38. The summed E-state index contributed by atoms with van der Waals surface area (Å²) in [6, 6.07) is 11.5. The number of fused-ring (bicyclic) bond motifs is 1. The number of halogens is 1. The molecular formula is C21H21BrN4O4. The molecule has 1 fully saturated rings. The maximum Gasteiger partial charge on any atom is 0.320 e. The van der Waals surface area contributed by atoms with Crippen molar-refractivity contribution in [1.82, 2.24) is 14.9 Å². The predicted molar refractivity (Wildman–Crippen MR) is 116 cm³/mol. The van der Waals surface area contributed by atoms with E-state index in [1.165, 1.54) is 6.33 Å². The zero-order valence-corrected chi connectivity index (χ0v) is 18.2. The summed E-state index contributed by atoms with van der Waals surface area (Å²) in [4.78, 5) is 22.3. The topological polar surface area (TPSA) is 85.8 Å². The number of nitrogens with one attached hydrogen (secondary N) is 1. The molecular weight excluding hydrogens is 452 g/mol. The first kappa shape index (κ1) is 20.4. The summed E-state index contributed by atoms with van der Waals surface area (Å²) in [7, 11) is 3.45. The van der Waals surface area contributed by atoms with Crippen LogP contribution < -0.4 is 14.8 Å². The number of morpholine rings is 1. The fraction of sp³-hybridized carbons (Fsp3) is 0.286. The molecule has 1 aliphatic heterocycles. The summed E-state index contributed by atoms with van der Waals surface area (Å²) in [5.41, 5.74) is 1.60. The average molecular weight is 473 g/mol. The number of cyclic esters (lactones) is 1. The number of carbonyl (C=O) groups excluding carboxylic acids is 1. The van der Waals surface area contributed by atoms with Gasteiger partial charge in [-0.15, -0.1) is 0 Å². The van der Waals surface area contributed by atoms with Gasteiger partial charge in [0, 0.05) is 28.2 Å². The van der Waals surface area contributed by atoms with Gasteiger partial charge in [0.15, 0.2) is 11.5 Å². The molecule has 1 N–H and O–H groups in total. The molecule has 4 rings (SSSR count). The maximum atomic E-state index is 11.6. The van der Waals surface area contributed by atoms with Gasteiger partial charge in [0.05, 0.1) is 19.2 Å². The van der Waals surface area contributed by atoms with Gasteiger partial charge in [-0.25, -0.2) is 9.97 Å². The first-order valence-corrected chi connectivity index (χ1v) is 10.2. The van der Waals surface area contributed by atoms with E-state index in [-0.39, 0.29) is 18.7 Å². The quantitative estimate of drug-likeness (QED) is 0.546. The lowest BCUT2D eigenvalue weighted by Crippen LogP contribution is -2.45. The van der Waals surface area contributed by atoms with E-state index in [4.69, 9.17) is 14.2 Å². The van der Waals surface area contributed by atoms with Crippen molar-refractivity contribution in [2.75, 3.05) is 39.2 Å². The Labute approximate surface area is 182 Å². The Kier molecular flexibility index (Phi) is 6.01.